The second kappa shape index (κ2) is 19.4. The van der Waals surface area contributed by atoms with Crippen LogP contribution in [0.1, 0.15) is 20.8 Å². The molecule has 3 aliphatic rings. The lowest BCUT2D eigenvalue weighted by Gasteiger charge is -2.31. The van der Waals surface area contributed by atoms with E-state index >= 15 is 0 Å². The van der Waals surface area contributed by atoms with Crippen LogP contribution in [0.3, 0.4) is 0 Å². The third kappa shape index (κ3) is 22.6. The Morgan fingerprint density at radius 3 is 1.49 bits per heavy atom. The summed E-state index contributed by atoms with van der Waals surface area (Å²) in [6.45, 7) is 21.8. The molecule has 3 rings (SSSR count). The molecule has 0 spiro atoms. The molecule has 3 unspecified atom stereocenters. The predicted molar refractivity (Wildman–Crippen MR) is 193 cm³/mol. The lowest BCUT2D eigenvalue weighted by molar-refractivity contribution is -0.103. The number of nitrogens with one attached hydrogen (secondary N) is 1. The van der Waals surface area contributed by atoms with Gasteiger partial charge < -0.3 is 5.32 Å². The van der Waals surface area contributed by atoms with E-state index in [0.717, 1.165) is 0 Å². The summed E-state index contributed by atoms with van der Waals surface area (Å²) in [6.07, 6.45) is 5.80. The molecule has 0 aliphatic carbocycles. The number of rotatable bonds is 2. The monoisotopic (exact) mass is 721 g/mol. The van der Waals surface area contributed by atoms with E-state index in [1.807, 2.05) is 25.7 Å². The molecule has 15 heteroatoms. The first kappa shape index (κ1) is 43.5. The molecule has 0 aromatic rings. The van der Waals surface area contributed by atoms with E-state index in [0.29, 0.717) is 50.5 Å². The molecular formula is C30H55N3O7S3Si2. The highest BCUT2D eigenvalue weighted by atomic mass is 32.2. The first-order valence-corrected chi connectivity index (χ1v) is 27.6. The van der Waals surface area contributed by atoms with E-state index in [1.54, 1.807) is 0 Å². The molecule has 45 heavy (non-hydrogen) atoms. The number of nitrogens with zero attached hydrogens (tertiary/aromatic N) is 2. The van der Waals surface area contributed by atoms with Crippen LogP contribution in [0.25, 0.3) is 0 Å². The highest BCUT2D eigenvalue weighted by Gasteiger charge is 2.28. The Bertz CT molecular complexity index is 1440. The highest BCUT2D eigenvalue weighted by molar-refractivity contribution is 7.92. The summed E-state index contributed by atoms with van der Waals surface area (Å²) in [6, 6.07) is 0.318. The quantitative estimate of drug-likeness (QED) is 0.252. The summed E-state index contributed by atoms with van der Waals surface area (Å²) in [5, 5.41) is 3.06. The second-order valence-corrected chi connectivity index (χ2v) is 29.9. The zero-order valence-electron chi connectivity index (χ0n) is 28.6. The molecule has 0 amide bonds. The average molecular weight is 722 g/mol. The van der Waals surface area contributed by atoms with Crippen LogP contribution >= 0.6 is 0 Å². The van der Waals surface area contributed by atoms with Crippen LogP contribution in [0.15, 0.2) is 0 Å². The SMILES string of the molecule is C#CCN1CCS(=O)(=O)CC1C.CC1CS(=O)(=O)CCN1.CC1CS(=O)(=O)CCN1CC#C[Si](C)(C)C.C[Si](C)(C)C#CC=O. The summed E-state index contributed by atoms with van der Waals surface area (Å²) >= 11 is 0. The Morgan fingerprint density at radius 2 is 1.18 bits per heavy atom. The fourth-order valence-electron chi connectivity index (χ4n) is 4.29. The van der Waals surface area contributed by atoms with Gasteiger partial charge in [-0.25, -0.2) is 25.3 Å². The third-order valence-corrected chi connectivity index (χ3v) is 13.8. The summed E-state index contributed by atoms with van der Waals surface area (Å²) in [7, 11) is -10.9. The number of hydrogen-bond acceptors (Lipinski definition) is 10. The summed E-state index contributed by atoms with van der Waals surface area (Å²) in [5.74, 6) is 9.80. The van der Waals surface area contributed by atoms with Crippen molar-refractivity contribution in [2.45, 2.75) is 78.2 Å². The normalized spacial score (nSPS) is 25.6. The molecule has 258 valence electrons. The van der Waals surface area contributed by atoms with Crippen LogP contribution in [-0.4, -0.2) is 143 Å². The van der Waals surface area contributed by atoms with E-state index in [2.05, 4.69) is 78.3 Å². The van der Waals surface area contributed by atoms with Gasteiger partial charge in [0.05, 0.1) is 47.6 Å². The minimum absolute atomic E-state index is 0.0693. The van der Waals surface area contributed by atoms with Gasteiger partial charge in [-0.15, -0.1) is 17.5 Å². The van der Waals surface area contributed by atoms with Crippen molar-refractivity contribution in [3.8, 4) is 35.3 Å². The van der Waals surface area contributed by atoms with Crippen molar-refractivity contribution in [2.75, 3.05) is 67.2 Å². The zero-order chi connectivity index (χ0) is 35.1. The number of carbonyl (C=O) groups excluding carboxylic acids is 1. The van der Waals surface area contributed by atoms with Crippen LogP contribution in [-0.2, 0) is 34.3 Å². The summed E-state index contributed by atoms with van der Waals surface area (Å²) in [5.41, 5.74) is 6.20. The number of hydrogen-bond donors (Lipinski definition) is 1. The van der Waals surface area contributed by atoms with Gasteiger partial charge in [0.15, 0.2) is 35.8 Å². The van der Waals surface area contributed by atoms with Gasteiger partial charge in [-0.05, 0) is 26.7 Å². The van der Waals surface area contributed by atoms with Crippen LogP contribution in [0, 0.1) is 35.3 Å². The molecular weight excluding hydrogens is 667 g/mol. The minimum Gasteiger partial charge on any atom is -0.312 e. The van der Waals surface area contributed by atoms with Crippen LogP contribution < -0.4 is 5.32 Å². The molecule has 1 N–H and O–H groups in total. The zero-order valence-corrected chi connectivity index (χ0v) is 33.1. The van der Waals surface area contributed by atoms with Crippen molar-refractivity contribution in [2.24, 2.45) is 0 Å². The van der Waals surface area contributed by atoms with Crippen molar-refractivity contribution in [1.29, 1.82) is 0 Å². The van der Waals surface area contributed by atoms with Crippen molar-refractivity contribution in [3.05, 3.63) is 0 Å². The average Bonchev–Trinajstić information content (AvgIpc) is 2.85. The molecule has 0 aromatic heterocycles. The lowest BCUT2D eigenvalue weighted by Crippen LogP contribution is -2.46. The van der Waals surface area contributed by atoms with Crippen molar-refractivity contribution < 1.29 is 30.0 Å². The van der Waals surface area contributed by atoms with E-state index in [9.17, 15) is 30.0 Å². The Hall–Kier alpha value is -1.49. The Morgan fingerprint density at radius 1 is 0.733 bits per heavy atom. The van der Waals surface area contributed by atoms with Gasteiger partial charge in [0.2, 0.25) is 0 Å². The first-order chi connectivity index (χ1) is 20.4. The largest absolute Gasteiger partial charge is 0.312 e. The number of carbonyl (C=O) groups is 1. The minimum atomic E-state index is -2.80. The number of aldehydes is 1. The van der Waals surface area contributed by atoms with Crippen molar-refractivity contribution >= 4 is 51.9 Å². The van der Waals surface area contributed by atoms with E-state index in [4.69, 9.17) is 6.42 Å². The predicted octanol–water partition coefficient (Wildman–Crippen LogP) is 1.18. The molecule has 3 fully saturated rings. The smallest absolute Gasteiger partial charge is 0.192 e. The highest BCUT2D eigenvalue weighted by Crippen LogP contribution is 2.11. The van der Waals surface area contributed by atoms with Gasteiger partial charge in [-0.3, -0.25) is 14.6 Å². The molecule has 3 saturated heterocycles. The standard InChI is InChI=1S/C11H21NO2SSi.C8H13NO2S.C6H10OSi.C5H11NO2S/c1-11-10-15(13,14)8-7-12(11)6-5-9-16(2,3)4;1-3-4-9-5-6-12(10,11)7-8(9)2;1-8(2,3)6-4-5-7;1-5-4-9(7,8)3-2-6-5/h11H,6-8,10H2,1-4H3;1,8H,4-7H2,2H3;5H,1-3H3;5-6H,2-4H2,1H3. The van der Waals surface area contributed by atoms with Gasteiger partial charge in [-0.1, -0.05) is 51.1 Å². The fraction of sp³-hybridized carbons (Fsp3) is 0.767. The Balaban J connectivity index is 0.000000596. The maximum absolute atomic E-state index is 11.4. The Kier molecular flexibility index (Phi) is 18.7. The Labute approximate surface area is 276 Å². The van der Waals surface area contributed by atoms with Crippen molar-refractivity contribution in [3.63, 3.8) is 0 Å². The topological polar surface area (TPSA) is 138 Å². The van der Waals surface area contributed by atoms with Crippen LogP contribution in [0.5, 0.6) is 0 Å². The molecule has 3 heterocycles. The third-order valence-electron chi connectivity index (χ3n) is 6.57. The second-order valence-electron chi connectivity index (χ2n) is 13.7. The molecule has 3 atom stereocenters. The van der Waals surface area contributed by atoms with Crippen molar-refractivity contribution in [1.82, 2.24) is 15.1 Å². The molecule has 3 aliphatic heterocycles. The van der Waals surface area contributed by atoms with Gasteiger partial charge in [0.1, 0.15) is 16.1 Å². The van der Waals surface area contributed by atoms with Gasteiger partial charge in [-0.2, -0.15) is 0 Å². The van der Waals surface area contributed by atoms with Gasteiger partial charge in [0.25, 0.3) is 0 Å². The summed E-state index contributed by atoms with van der Waals surface area (Å²) < 4.78 is 66.7. The van der Waals surface area contributed by atoms with Crippen LogP contribution in [0.4, 0.5) is 0 Å². The van der Waals surface area contributed by atoms with E-state index < -0.39 is 45.7 Å². The number of sulfone groups is 3. The molecule has 0 bridgehead atoms. The lowest BCUT2D eigenvalue weighted by atomic mass is 10.3. The van der Waals surface area contributed by atoms with Gasteiger partial charge in [0, 0.05) is 37.8 Å². The van der Waals surface area contributed by atoms with Gasteiger partial charge >= 0.3 is 0 Å². The molecule has 0 radical (unpaired) electrons. The maximum atomic E-state index is 11.4. The molecule has 10 nitrogen and oxygen atoms in total. The number of terminal acetylenes is 1. The fourth-order valence-corrected chi connectivity index (χ4v) is 10.1. The first-order valence-electron chi connectivity index (χ1n) is 15.1. The van der Waals surface area contributed by atoms with E-state index in [1.165, 1.54) is 0 Å². The molecule has 0 saturated carbocycles. The van der Waals surface area contributed by atoms with E-state index in [-0.39, 0.29) is 41.1 Å². The summed E-state index contributed by atoms with van der Waals surface area (Å²) in [4.78, 5) is 13.9. The molecule has 0 aromatic carbocycles. The van der Waals surface area contributed by atoms with Crippen LogP contribution in [0.2, 0.25) is 39.3 Å². The maximum Gasteiger partial charge on any atom is 0.192 e.